The number of aliphatic hydroxyl groups is 1. The fourth-order valence-electron chi connectivity index (χ4n) is 2.27. The minimum atomic E-state index is -0.662. The van der Waals surface area contributed by atoms with Crippen molar-refractivity contribution in [1.29, 1.82) is 5.26 Å². The number of nitrogens with two attached hydrogens (primary N) is 1. The van der Waals surface area contributed by atoms with E-state index in [4.69, 9.17) is 11.0 Å². The van der Waals surface area contributed by atoms with Crippen molar-refractivity contribution in [2.75, 3.05) is 30.8 Å². The van der Waals surface area contributed by atoms with Crippen LogP contribution in [-0.4, -0.2) is 36.8 Å². The second kappa shape index (κ2) is 5.31. The van der Waals surface area contributed by atoms with Crippen LogP contribution < -0.4 is 16.0 Å². The Balaban J connectivity index is 2.37. The molecule has 0 aliphatic carbocycles. The molecule has 1 amide bonds. The van der Waals surface area contributed by atoms with E-state index in [-0.39, 0.29) is 11.6 Å². The number of piperidine rings is 1. The number of amides is 1. The Kier molecular flexibility index (Phi) is 3.88. The van der Waals surface area contributed by atoms with Crippen LogP contribution in [0.3, 0.4) is 0 Å². The molecule has 0 spiro atoms. The van der Waals surface area contributed by atoms with Gasteiger partial charge in [-0.3, -0.25) is 4.79 Å². The summed E-state index contributed by atoms with van der Waals surface area (Å²) in [7, 11) is 1.54. The van der Waals surface area contributed by atoms with Crippen LogP contribution in [0.25, 0.3) is 0 Å². The summed E-state index contributed by atoms with van der Waals surface area (Å²) in [6, 6.07) is 2.03. The van der Waals surface area contributed by atoms with E-state index >= 15 is 0 Å². The molecule has 1 aromatic rings. The number of nitrogens with one attached hydrogen (secondary N) is 1. The predicted octanol–water partition coefficient (Wildman–Crippen LogP) is 0.913. The Labute approximate surface area is 121 Å². The average Bonchev–Trinajstić information content (AvgIpc) is 2.75. The standard InChI is InChI=1S/C13H18N4O2S/c1-13(19)3-5-17(6-4-13)12-9(11(18)16-2)10(15)8(7-14)20-12/h19H,3-6,15H2,1-2H3,(H,16,18). The van der Waals surface area contributed by atoms with Crippen LogP contribution in [-0.2, 0) is 0 Å². The summed E-state index contributed by atoms with van der Waals surface area (Å²) in [5, 5.41) is 22.3. The maximum Gasteiger partial charge on any atom is 0.256 e. The maximum atomic E-state index is 12.0. The SMILES string of the molecule is CNC(=O)c1c(N2CCC(C)(O)CC2)sc(C#N)c1N. The highest BCUT2D eigenvalue weighted by atomic mass is 32.1. The fourth-order valence-corrected chi connectivity index (χ4v) is 3.34. The quantitative estimate of drug-likeness (QED) is 0.752. The van der Waals surface area contributed by atoms with E-state index in [9.17, 15) is 9.90 Å². The number of nitrogen functional groups attached to an aromatic ring is 1. The molecule has 0 atom stereocenters. The first-order valence-electron chi connectivity index (χ1n) is 6.41. The summed E-state index contributed by atoms with van der Waals surface area (Å²) in [6.45, 7) is 3.09. The smallest absolute Gasteiger partial charge is 0.256 e. The molecule has 1 aliphatic heterocycles. The largest absolute Gasteiger partial charge is 0.396 e. The number of carbonyl (C=O) groups excluding carboxylic acids is 1. The van der Waals surface area contributed by atoms with Crippen molar-refractivity contribution < 1.29 is 9.90 Å². The van der Waals surface area contributed by atoms with Gasteiger partial charge in [0, 0.05) is 20.1 Å². The number of thiophene rings is 1. The van der Waals surface area contributed by atoms with Crippen LogP contribution in [0, 0.1) is 11.3 Å². The number of anilines is 2. The number of nitrogens with zero attached hydrogens (tertiary/aromatic N) is 2. The van der Waals surface area contributed by atoms with Crippen molar-refractivity contribution in [3.63, 3.8) is 0 Å². The molecule has 7 heteroatoms. The molecule has 4 N–H and O–H groups in total. The second-order valence-corrected chi connectivity index (χ2v) is 6.20. The molecule has 0 radical (unpaired) electrons. The maximum absolute atomic E-state index is 12.0. The van der Waals surface area contributed by atoms with Crippen LogP contribution in [0.4, 0.5) is 10.7 Å². The zero-order chi connectivity index (χ0) is 14.9. The Morgan fingerprint density at radius 3 is 2.65 bits per heavy atom. The van der Waals surface area contributed by atoms with E-state index in [0.717, 1.165) is 0 Å². The van der Waals surface area contributed by atoms with Gasteiger partial charge in [0.15, 0.2) is 0 Å². The summed E-state index contributed by atoms with van der Waals surface area (Å²) < 4.78 is 0. The van der Waals surface area contributed by atoms with Crippen LogP contribution in [0.5, 0.6) is 0 Å². The number of rotatable bonds is 2. The van der Waals surface area contributed by atoms with Crippen LogP contribution in [0.1, 0.15) is 35.0 Å². The molecule has 108 valence electrons. The molecule has 1 aliphatic rings. The van der Waals surface area contributed by atoms with Gasteiger partial charge in [0.2, 0.25) is 0 Å². The molecule has 1 saturated heterocycles. The van der Waals surface area contributed by atoms with Crippen molar-refractivity contribution in [3.05, 3.63) is 10.4 Å². The van der Waals surface area contributed by atoms with Gasteiger partial charge in [0.25, 0.3) is 5.91 Å². The van der Waals surface area contributed by atoms with Gasteiger partial charge in [0.05, 0.1) is 16.9 Å². The van der Waals surface area contributed by atoms with Crippen molar-refractivity contribution in [2.45, 2.75) is 25.4 Å². The lowest BCUT2D eigenvalue weighted by molar-refractivity contribution is 0.0352. The Hall–Kier alpha value is -1.78. The highest BCUT2D eigenvalue weighted by molar-refractivity contribution is 7.17. The average molecular weight is 294 g/mol. The lowest BCUT2D eigenvalue weighted by Gasteiger charge is -2.36. The zero-order valence-corrected chi connectivity index (χ0v) is 12.4. The van der Waals surface area contributed by atoms with E-state index in [1.54, 1.807) is 0 Å². The number of hydrogen-bond acceptors (Lipinski definition) is 6. The van der Waals surface area contributed by atoms with Gasteiger partial charge in [-0.25, -0.2) is 0 Å². The van der Waals surface area contributed by atoms with E-state index in [1.165, 1.54) is 18.4 Å². The fraction of sp³-hybridized carbons (Fsp3) is 0.538. The predicted molar refractivity (Wildman–Crippen MR) is 78.9 cm³/mol. The second-order valence-electron chi connectivity index (χ2n) is 5.20. The first-order chi connectivity index (χ1) is 9.39. The highest BCUT2D eigenvalue weighted by Gasteiger charge is 2.31. The number of nitriles is 1. The first kappa shape index (κ1) is 14.6. The van der Waals surface area contributed by atoms with Gasteiger partial charge in [-0.2, -0.15) is 5.26 Å². The van der Waals surface area contributed by atoms with Gasteiger partial charge < -0.3 is 21.1 Å². The van der Waals surface area contributed by atoms with Crippen molar-refractivity contribution >= 4 is 27.9 Å². The van der Waals surface area contributed by atoms with Gasteiger partial charge >= 0.3 is 0 Å². The molecule has 0 aromatic carbocycles. The first-order valence-corrected chi connectivity index (χ1v) is 7.23. The summed E-state index contributed by atoms with van der Waals surface area (Å²) in [5.74, 6) is -0.285. The van der Waals surface area contributed by atoms with Gasteiger partial charge in [0.1, 0.15) is 15.9 Å². The zero-order valence-electron chi connectivity index (χ0n) is 11.6. The lowest BCUT2D eigenvalue weighted by atomic mass is 9.94. The molecule has 0 saturated carbocycles. The summed E-state index contributed by atoms with van der Waals surface area (Å²) in [5.41, 5.74) is 5.85. The monoisotopic (exact) mass is 294 g/mol. The molecular weight excluding hydrogens is 276 g/mol. The molecule has 2 heterocycles. The normalized spacial score (nSPS) is 17.6. The third kappa shape index (κ3) is 2.57. The van der Waals surface area contributed by atoms with Gasteiger partial charge in [-0.15, -0.1) is 11.3 Å². The lowest BCUT2D eigenvalue weighted by Crippen LogP contribution is -2.42. The van der Waals surface area contributed by atoms with Crippen LogP contribution in [0.15, 0.2) is 0 Å². The molecule has 1 fully saturated rings. The van der Waals surface area contributed by atoms with Gasteiger partial charge in [-0.05, 0) is 19.8 Å². The minimum Gasteiger partial charge on any atom is -0.396 e. The van der Waals surface area contributed by atoms with Crippen molar-refractivity contribution in [1.82, 2.24) is 5.32 Å². The topological polar surface area (TPSA) is 102 Å². The van der Waals surface area contributed by atoms with E-state index in [1.807, 2.05) is 17.9 Å². The Bertz CT molecular complexity index is 564. The van der Waals surface area contributed by atoms with E-state index < -0.39 is 5.60 Å². The molecular formula is C13H18N4O2S. The number of carbonyl (C=O) groups is 1. The Morgan fingerprint density at radius 1 is 1.55 bits per heavy atom. The molecule has 6 nitrogen and oxygen atoms in total. The minimum absolute atomic E-state index is 0.240. The molecule has 20 heavy (non-hydrogen) atoms. The Morgan fingerprint density at radius 2 is 2.15 bits per heavy atom. The molecule has 1 aromatic heterocycles. The summed E-state index contributed by atoms with van der Waals surface area (Å²) in [4.78, 5) is 14.4. The third-order valence-corrected chi connectivity index (χ3v) is 4.78. The number of hydrogen-bond donors (Lipinski definition) is 3. The summed E-state index contributed by atoms with van der Waals surface area (Å²) >= 11 is 1.23. The highest BCUT2D eigenvalue weighted by Crippen LogP contribution is 2.39. The van der Waals surface area contributed by atoms with Crippen LogP contribution in [0.2, 0.25) is 0 Å². The van der Waals surface area contributed by atoms with E-state index in [2.05, 4.69) is 5.32 Å². The van der Waals surface area contributed by atoms with Crippen molar-refractivity contribution in [3.8, 4) is 6.07 Å². The molecule has 0 bridgehead atoms. The van der Waals surface area contributed by atoms with E-state index in [0.29, 0.717) is 41.4 Å². The summed E-state index contributed by atoms with van der Waals surface area (Å²) in [6.07, 6.45) is 1.25. The molecule has 0 unspecified atom stereocenters. The van der Waals surface area contributed by atoms with Crippen LogP contribution >= 0.6 is 11.3 Å². The van der Waals surface area contributed by atoms with Crippen molar-refractivity contribution in [2.24, 2.45) is 0 Å². The third-order valence-electron chi connectivity index (χ3n) is 3.61. The molecule has 2 rings (SSSR count). The van der Waals surface area contributed by atoms with Gasteiger partial charge in [-0.1, -0.05) is 0 Å².